The third-order valence-corrected chi connectivity index (χ3v) is 3.75. The number of nitrogens with one attached hydrogen (secondary N) is 1. The van der Waals surface area contributed by atoms with Crippen molar-refractivity contribution < 1.29 is 4.79 Å². The highest BCUT2D eigenvalue weighted by Gasteiger charge is 2.30. The van der Waals surface area contributed by atoms with Gasteiger partial charge < -0.3 is 10.2 Å². The number of carbonyl (C=O) groups excluding carboxylic acids is 1. The number of nitrogens with zero attached hydrogens (tertiary/aromatic N) is 2. The molecule has 2 heterocycles. The summed E-state index contributed by atoms with van der Waals surface area (Å²) in [4.78, 5) is 18.7. The number of amides is 1. The van der Waals surface area contributed by atoms with Gasteiger partial charge in [-0.15, -0.1) is 0 Å². The standard InChI is InChI=1S/C16H25N3O/c1-4-8-17-13-6-9-18-14(11-13)15(20)19-10-5-7-16(2,3)12-19/h6,9,11H,4-5,7-8,10,12H2,1-3H3,(H,17,18). The molecule has 110 valence electrons. The average molecular weight is 275 g/mol. The summed E-state index contributed by atoms with van der Waals surface area (Å²) in [6.45, 7) is 9.14. The van der Waals surface area contributed by atoms with Crippen molar-refractivity contribution in [2.45, 2.75) is 40.0 Å². The van der Waals surface area contributed by atoms with E-state index >= 15 is 0 Å². The molecular formula is C16H25N3O. The van der Waals surface area contributed by atoms with Gasteiger partial charge in [-0.1, -0.05) is 20.8 Å². The predicted molar refractivity (Wildman–Crippen MR) is 81.9 cm³/mol. The monoisotopic (exact) mass is 275 g/mol. The third kappa shape index (κ3) is 3.71. The van der Waals surface area contributed by atoms with Gasteiger partial charge in [0.05, 0.1) is 0 Å². The topological polar surface area (TPSA) is 45.2 Å². The number of likely N-dealkylation sites (tertiary alicyclic amines) is 1. The molecule has 0 spiro atoms. The highest BCUT2D eigenvalue weighted by atomic mass is 16.2. The van der Waals surface area contributed by atoms with Gasteiger partial charge >= 0.3 is 0 Å². The number of anilines is 1. The lowest BCUT2D eigenvalue weighted by Crippen LogP contribution is -2.43. The van der Waals surface area contributed by atoms with E-state index in [-0.39, 0.29) is 11.3 Å². The lowest BCUT2D eigenvalue weighted by Gasteiger charge is -2.37. The Bertz CT molecular complexity index is 471. The number of carbonyl (C=O) groups is 1. The van der Waals surface area contributed by atoms with E-state index in [2.05, 4.69) is 31.1 Å². The second-order valence-electron chi connectivity index (χ2n) is 6.35. The van der Waals surface area contributed by atoms with Crippen molar-refractivity contribution in [1.29, 1.82) is 0 Å². The summed E-state index contributed by atoms with van der Waals surface area (Å²) < 4.78 is 0. The summed E-state index contributed by atoms with van der Waals surface area (Å²) >= 11 is 0. The van der Waals surface area contributed by atoms with Crippen LogP contribution in [0.4, 0.5) is 5.69 Å². The van der Waals surface area contributed by atoms with Gasteiger partial charge in [0, 0.05) is 31.5 Å². The molecule has 0 unspecified atom stereocenters. The SMILES string of the molecule is CCCNc1ccnc(C(=O)N2CCCC(C)(C)C2)c1. The van der Waals surface area contributed by atoms with Gasteiger partial charge in [-0.25, -0.2) is 0 Å². The molecule has 1 aliphatic heterocycles. The van der Waals surface area contributed by atoms with Crippen LogP contribution >= 0.6 is 0 Å². The normalized spacial score (nSPS) is 17.9. The minimum Gasteiger partial charge on any atom is -0.385 e. The zero-order valence-corrected chi connectivity index (χ0v) is 12.8. The molecule has 1 N–H and O–H groups in total. The number of pyridine rings is 1. The second-order valence-corrected chi connectivity index (χ2v) is 6.35. The Hall–Kier alpha value is -1.58. The number of piperidine rings is 1. The zero-order valence-electron chi connectivity index (χ0n) is 12.8. The molecule has 1 fully saturated rings. The van der Waals surface area contributed by atoms with E-state index in [9.17, 15) is 4.79 Å². The van der Waals surface area contributed by atoms with E-state index in [0.29, 0.717) is 5.69 Å². The maximum atomic E-state index is 12.5. The van der Waals surface area contributed by atoms with E-state index in [0.717, 1.165) is 38.2 Å². The quantitative estimate of drug-likeness (QED) is 0.918. The van der Waals surface area contributed by atoms with Gasteiger partial charge in [-0.3, -0.25) is 9.78 Å². The number of rotatable bonds is 4. The molecule has 0 saturated carbocycles. The summed E-state index contributed by atoms with van der Waals surface area (Å²) in [7, 11) is 0. The summed E-state index contributed by atoms with van der Waals surface area (Å²) in [6.07, 6.45) is 5.03. The van der Waals surface area contributed by atoms with Crippen LogP contribution in [-0.2, 0) is 0 Å². The van der Waals surface area contributed by atoms with Gasteiger partial charge in [0.1, 0.15) is 5.69 Å². The van der Waals surface area contributed by atoms with Crippen molar-refractivity contribution >= 4 is 11.6 Å². The van der Waals surface area contributed by atoms with E-state index < -0.39 is 0 Å². The Labute approximate surface area is 121 Å². The smallest absolute Gasteiger partial charge is 0.272 e. The number of hydrogen-bond acceptors (Lipinski definition) is 3. The summed E-state index contributed by atoms with van der Waals surface area (Å²) in [6, 6.07) is 3.77. The van der Waals surface area contributed by atoms with Crippen LogP contribution in [-0.4, -0.2) is 35.4 Å². The van der Waals surface area contributed by atoms with Gasteiger partial charge in [0.2, 0.25) is 0 Å². The lowest BCUT2D eigenvalue weighted by molar-refractivity contribution is 0.0577. The minimum atomic E-state index is 0.0536. The van der Waals surface area contributed by atoms with Crippen LogP contribution in [0.3, 0.4) is 0 Å². The second kappa shape index (κ2) is 6.25. The van der Waals surface area contributed by atoms with Crippen LogP contribution in [0.25, 0.3) is 0 Å². The molecule has 1 saturated heterocycles. The molecule has 0 atom stereocenters. The first kappa shape index (κ1) is 14.8. The Morgan fingerprint density at radius 3 is 3.00 bits per heavy atom. The molecule has 2 rings (SSSR count). The fraction of sp³-hybridized carbons (Fsp3) is 0.625. The lowest BCUT2D eigenvalue weighted by atomic mass is 9.84. The predicted octanol–water partition coefficient (Wildman–Crippen LogP) is 3.17. The van der Waals surface area contributed by atoms with Crippen molar-refractivity contribution in [2.24, 2.45) is 5.41 Å². The van der Waals surface area contributed by atoms with Gasteiger partial charge in [-0.05, 0) is 36.8 Å². The largest absolute Gasteiger partial charge is 0.385 e. The maximum Gasteiger partial charge on any atom is 0.272 e. The molecule has 4 nitrogen and oxygen atoms in total. The third-order valence-electron chi connectivity index (χ3n) is 3.75. The van der Waals surface area contributed by atoms with Gasteiger partial charge in [0.25, 0.3) is 5.91 Å². The Morgan fingerprint density at radius 1 is 1.50 bits per heavy atom. The van der Waals surface area contributed by atoms with Gasteiger partial charge in [0.15, 0.2) is 0 Å². The van der Waals surface area contributed by atoms with Crippen LogP contribution in [0.2, 0.25) is 0 Å². The van der Waals surface area contributed by atoms with Crippen LogP contribution < -0.4 is 5.32 Å². The van der Waals surface area contributed by atoms with Crippen molar-refractivity contribution in [2.75, 3.05) is 25.0 Å². The highest BCUT2D eigenvalue weighted by Crippen LogP contribution is 2.29. The molecule has 1 aliphatic rings. The molecule has 0 bridgehead atoms. The summed E-state index contributed by atoms with van der Waals surface area (Å²) in [5.41, 5.74) is 1.73. The van der Waals surface area contributed by atoms with E-state index in [4.69, 9.17) is 0 Å². The molecule has 0 aliphatic carbocycles. The molecule has 0 aromatic carbocycles. The zero-order chi connectivity index (χ0) is 14.6. The molecule has 4 heteroatoms. The van der Waals surface area contributed by atoms with E-state index in [1.165, 1.54) is 6.42 Å². The molecule has 0 radical (unpaired) electrons. The molecule has 1 amide bonds. The first-order valence-corrected chi connectivity index (χ1v) is 7.51. The summed E-state index contributed by atoms with van der Waals surface area (Å²) in [5, 5.41) is 3.30. The van der Waals surface area contributed by atoms with Crippen molar-refractivity contribution in [3.63, 3.8) is 0 Å². The van der Waals surface area contributed by atoms with Crippen molar-refractivity contribution in [3.8, 4) is 0 Å². The molecule has 1 aromatic heterocycles. The fourth-order valence-electron chi connectivity index (χ4n) is 2.69. The first-order chi connectivity index (χ1) is 9.52. The molecule has 1 aromatic rings. The number of aromatic nitrogens is 1. The Kier molecular flexibility index (Phi) is 4.63. The van der Waals surface area contributed by atoms with Gasteiger partial charge in [-0.2, -0.15) is 0 Å². The highest BCUT2D eigenvalue weighted by molar-refractivity contribution is 5.93. The molecule has 20 heavy (non-hydrogen) atoms. The fourth-order valence-corrected chi connectivity index (χ4v) is 2.69. The molecular weight excluding hydrogens is 250 g/mol. The Balaban J connectivity index is 2.08. The Morgan fingerprint density at radius 2 is 2.30 bits per heavy atom. The first-order valence-electron chi connectivity index (χ1n) is 7.51. The van der Waals surface area contributed by atoms with E-state index in [1.54, 1.807) is 6.20 Å². The van der Waals surface area contributed by atoms with E-state index in [1.807, 2.05) is 17.0 Å². The van der Waals surface area contributed by atoms with Crippen LogP contribution in [0.5, 0.6) is 0 Å². The van der Waals surface area contributed by atoms with Crippen molar-refractivity contribution in [3.05, 3.63) is 24.0 Å². The average Bonchev–Trinajstić information content (AvgIpc) is 2.43. The van der Waals surface area contributed by atoms with Crippen LogP contribution in [0.15, 0.2) is 18.3 Å². The van der Waals surface area contributed by atoms with Crippen LogP contribution in [0, 0.1) is 5.41 Å². The maximum absolute atomic E-state index is 12.5. The minimum absolute atomic E-state index is 0.0536. The number of hydrogen-bond donors (Lipinski definition) is 1. The summed E-state index contributed by atoms with van der Waals surface area (Å²) in [5.74, 6) is 0.0536. The van der Waals surface area contributed by atoms with Crippen LogP contribution in [0.1, 0.15) is 50.5 Å². The van der Waals surface area contributed by atoms with Crippen molar-refractivity contribution in [1.82, 2.24) is 9.88 Å².